The van der Waals surface area contributed by atoms with Crippen LogP contribution in [-0.2, 0) is 0 Å². The quantitative estimate of drug-likeness (QED) is 0.832. The van der Waals surface area contributed by atoms with E-state index in [-0.39, 0.29) is 0 Å². The van der Waals surface area contributed by atoms with Gasteiger partial charge < -0.3 is 10.4 Å². The Morgan fingerprint density at radius 2 is 1.78 bits per heavy atom. The molecule has 0 bridgehead atoms. The van der Waals surface area contributed by atoms with Gasteiger partial charge in [0.05, 0.1) is 16.7 Å². The van der Waals surface area contributed by atoms with Crippen molar-refractivity contribution in [3.63, 3.8) is 0 Å². The van der Waals surface area contributed by atoms with Gasteiger partial charge in [0.25, 0.3) is 0 Å². The Labute approximate surface area is 107 Å². The van der Waals surface area contributed by atoms with E-state index in [2.05, 4.69) is 5.32 Å². The van der Waals surface area contributed by atoms with Gasteiger partial charge in [-0.15, -0.1) is 0 Å². The van der Waals surface area contributed by atoms with Crippen LogP contribution in [0.2, 0.25) is 0 Å². The zero-order valence-corrected chi connectivity index (χ0v) is 10.7. The first-order valence-electron chi connectivity index (χ1n) is 5.99. The second-order valence-electron chi connectivity index (χ2n) is 4.27. The maximum atomic E-state index is 10.1. The van der Waals surface area contributed by atoms with Crippen molar-refractivity contribution in [3.05, 3.63) is 29.3 Å². The van der Waals surface area contributed by atoms with Crippen LogP contribution in [0, 0.1) is 22.7 Å². The minimum atomic E-state index is -0.735. The molecule has 0 aromatic heterocycles. The molecule has 0 unspecified atom stereocenters. The van der Waals surface area contributed by atoms with Crippen molar-refractivity contribution >= 4 is 5.69 Å². The maximum Gasteiger partial charge on any atom is 0.101 e. The molecule has 18 heavy (non-hydrogen) atoms. The van der Waals surface area contributed by atoms with Crippen LogP contribution < -0.4 is 5.32 Å². The number of hydrogen-bond acceptors (Lipinski definition) is 4. The molecule has 0 fully saturated rings. The van der Waals surface area contributed by atoms with Crippen molar-refractivity contribution in [2.75, 3.05) is 11.9 Å². The third-order valence-corrected chi connectivity index (χ3v) is 3.20. The van der Waals surface area contributed by atoms with E-state index < -0.39 is 5.60 Å². The molecule has 0 aliphatic heterocycles. The van der Waals surface area contributed by atoms with Crippen molar-refractivity contribution in [2.24, 2.45) is 0 Å². The maximum absolute atomic E-state index is 10.1. The molecule has 0 aliphatic carbocycles. The molecule has 2 N–H and O–H groups in total. The van der Waals surface area contributed by atoms with Crippen molar-refractivity contribution in [1.29, 1.82) is 10.5 Å². The number of nitrogens with one attached hydrogen (secondary N) is 1. The Hall–Kier alpha value is -2.04. The van der Waals surface area contributed by atoms with Gasteiger partial charge in [0.1, 0.15) is 12.1 Å². The molecule has 0 amide bonds. The monoisotopic (exact) mass is 243 g/mol. The Morgan fingerprint density at radius 1 is 1.17 bits per heavy atom. The van der Waals surface area contributed by atoms with E-state index in [1.807, 2.05) is 26.0 Å². The van der Waals surface area contributed by atoms with E-state index in [1.54, 1.807) is 18.2 Å². The van der Waals surface area contributed by atoms with Gasteiger partial charge in [-0.2, -0.15) is 10.5 Å². The first-order valence-corrected chi connectivity index (χ1v) is 5.99. The summed E-state index contributed by atoms with van der Waals surface area (Å²) in [5, 5.41) is 31.0. The summed E-state index contributed by atoms with van der Waals surface area (Å²) in [6.45, 7) is 4.30. The summed E-state index contributed by atoms with van der Waals surface area (Å²) < 4.78 is 0. The first-order chi connectivity index (χ1) is 8.58. The zero-order chi connectivity index (χ0) is 13.6. The van der Waals surface area contributed by atoms with Gasteiger partial charge in [-0.3, -0.25) is 0 Å². The highest BCUT2D eigenvalue weighted by atomic mass is 16.3. The zero-order valence-electron chi connectivity index (χ0n) is 10.7. The molecule has 0 saturated carbocycles. The molecule has 0 atom stereocenters. The summed E-state index contributed by atoms with van der Waals surface area (Å²) in [6.07, 6.45) is 1.33. The van der Waals surface area contributed by atoms with Crippen LogP contribution >= 0.6 is 0 Å². The summed E-state index contributed by atoms with van der Waals surface area (Å²) >= 11 is 0. The van der Waals surface area contributed by atoms with Crippen LogP contribution in [0.25, 0.3) is 0 Å². The fourth-order valence-electron chi connectivity index (χ4n) is 1.61. The number of rotatable bonds is 5. The largest absolute Gasteiger partial charge is 0.388 e. The van der Waals surface area contributed by atoms with Crippen molar-refractivity contribution in [3.8, 4) is 12.1 Å². The van der Waals surface area contributed by atoms with Gasteiger partial charge in [0.15, 0.2) is 0 Å². The Kier molecular flexibility index (Phi) is 4.71. The number of aliphatic hydroxyl groups is 1. The molecule has 0 spiro atoms. The molecule has 0 saturated heterocycles. The van der Waals surface area contributed by atoms with E-state index in [0.29, 0.717) is 30.5 Å². The predicted octanol–water partition coefficient (Wildman–Crippen LogP) is 2.39. The van der Waals surface area contributed by atoms with Crippen LogP contribution in [0.4, 0.5) is 5.69 Å². The van der Waals surface area contributed by atoms with Gasteiger partial charge in [0.2, 0.25) is 0 Å². The Balaban J connectivity index is 2.82. The lowest BCUT2D eigenvalue weighted by Gasteiger charge is -2.26. The summed E-state index contributed by atoms with van der Waals surface area (Å²) in [6, 6.07) is 8.94. The van der Waals surface area contributed by atoms with Gasteiger partial charge in [-0.1, -0.05) is 13.8 Å². The molecule has 1 rings (SSSR count). The number of nitrogens with zero attached hydrogens (tertiary/aromatic N) is 2. The molecule has 94 valence electrons. The fraction of sp³-hybridized carbons (Fsp3) is 0.429. The summed E-state index contributed by atoms with van der Waals surface area (Å²) in [7, 11) is 0. The molecule has 0 heterocycles. The van der Waals surface area contributed by atoms with Crippen LogP contribution in [0.15, 0.2) is 18.2 Å². The van der Waals surface area contributed by atoms with Gasteiger partial charge in [-0.05, 0) is 31.0 Å². The molecule has 1 aromatic carbocycles. The van der Waals surface area contributed by atoms with Crippen LogP contribution in [0.3, 0.4) is 0 Å². The average molecular weight is 243 g/mol. The predicted molar refractivity (Wildman–Crippen MR) is 69.9 cm³/mol. The minimum absolute atomic E-state index is 0.346. The van der Waals surface area contributed by atoms with E-state index >= 15 is 0 Å². The van der Waals surface area contributed by atoms with E-state index in [0.717, 1.165) is 5.69 Å². The number of nitriles is 2. The minimum Gasteiger partial charge on any atom is -0.388 e. The lowest BCUT2D eigenvalue weighted by atomic mass is 9.97. The van der Waals surface area contributed by atoms with E-state index in [1.165, 1.54) is 0 Å². The second-order valence-corrected chi connectivity index (χ2v) is 4.27. The Morgan fingerprint density at radius 3 is 2.28 bits per heavy atom. The molecule has 4 nitrogen and oxygen atoms in total. The van der Waals surface area contributed by atoms with E-state index in [4.69, 9.17) is 10.5 Å². The SMILES string of the molecule is CCC(O)(CC)CNc1ccc(C#N)c(C#N)c1. The molecular weight excluding hydrogens is 226 g/mol. The van der Waals surface area contributed by atoms with Gasteiger partial charge in [-0.25, -0.2) is 0 Å². The molecule has 1 aromatic rings. The highest BCUT2D eigenvalue weighted by Crippen LogP contribution is 2.18. The van der Waals surface area contributed by atoms with Crippen molar-refractivity contribution in [2.45, 2.75) is 32.3 Å². The smallest absolute Gasteiger partial charge is 0.101 e. The van der Waals surface area contributed by atoms with Gasteiger partial charge in [0, 0.05) is 12.2 Å². The summed E-state index contributed by atoms with van der Waals surface area (Å²) in [4.78, 5) is 0. The number of benzene rings is 1. The summed E-state index contributed by atoms with van der Waals surface area (Å²) in [5.41, 5.74) is 0.718. The van der Waals surface area contributed by atoms with Crippen molar-refractivity contribution < 1.29 is 5.11 Å². The van der Waals surface area contributed by atoms with E-state index in [9.17, 15) is 5.11 Å². The normalized spacial score (nSPS) is 10.5. The topological polar surface area (TPSA) is 79.8 Å². The number of anilines is 1. The van der Waals surface area contributed by atoms with Gasteiger partial charge >= 0.3 is 0 Å². The molecule has 0 radical (unpaired) electrons. The highest BCUT2D eigenvalue weighted by Gasteiger charge is 2.21. The van der Waals surface area contributed by atoms with Crippen LogP contribution in [-0.4, -0.2) is 17.3 Å². The molecular formula is C14H17N3O. The third kappa shape index (κ3) is 3.23. The summed E-state index contributed by atoms with van der Waals surface area (Å²) in [5.74, 6) is 0. The third-order valence-electron chi connectivity index (χ3n) is 3.20. The van der Waals surface area contributed by atoms with Crippen molar-refractivity contribution in [1.82, 2.24) is 0 Å². The fourth-order valence-corrected chi connectivity index (χ4v) is 1.61. The van der Waals surface area contributed by atoms with Crippen LogP contribution in [0.5, 0.6) is 0 Å². The lowest BCUT2D eigenvalue weighted by Crippen LogP contribution is -2.35. The average Bonchev–Trinajstić information content (AvgIpc) is 2.44. The molecule has 0 aliphatic rings. The number of hydrogen-bond donors (Lipinski definition) is 2. The highest BCUT2D eigenvalue weighted by molar-refractivity contribution is 5.56. The Bertz CT molecular complexity index is 493. The first kappa shape index (κ1) is 14.0. The lowest BCUT2D eigenvalue weighted by molar-refractivity contribution is 0.0457. The van der Waals surface area contributed by atoms with Crippen LogP contribution in [0.1, 0.15) is 37.8 Å². The second kappa shape index (κ2) is 6.05. The molecule has 4 heteroatoms. The standard InChI is InChI=1S/C14H17N3O/c1-3-14(18,4-2)10-17-13-6-5-11(8-15)12(7-13)9-16/h5-7,17-18H,3-4,10H2,1-2H3.